The Balaban J connectivity index is 1.89. The van der Waals surface area contributed by atoms with E-state index in [2.05, 4.69) is 28.2 Å². The Hall–Kier alpha value is -0.540. The quantitative estimate of drug-likeness (QED) is 0.788. The monoisotopic (exact) mass is 357 g/mol. The van der Waals surface area contributed by atoms with Crippen molar-refractivity contribution >= 4 is 33.4 Å². The molecule has 20 heavy (non-hydrogen) atoms. The van der Waals surface area contributed by atoms with Gasteiger partial charge in [0.05, 0.1) is 0 Å². The van der Waals surface area contributed by atoms with Gasteiger partial charge in [-0.05, 0) is 49.8 Å². The van der Waals surface area contributed by atoms with Crippen LogP contribution < -0.4 is 5.32 Å². The van der Waals surface area contributed by atoms with Crippen LogP contribution in [0.1, 0.15) is 55.8 Å². The largest absolute Gasteiger partial charge is 0.349 e. The van der Waals surface area contributed by atoms with Crippen molar-refractivity contribution in [3.05, 3.63) is 33.3 Å². The smallest absolute Gasteiger partial charge is 0.251 e. The van der Waals surface area contributed by atoms with E-state index in [1.165, 1.54) is 25.7 Å². The van der Waals surface area contributed by atoms with Gasteiger partial charge in [-0.3, -0.25) is 4.79 Å². The van der Waals surface area contributed by atoms with Crippen LogP contribution in [0, 0.1) is 5.92 Å². The molecule has 2 rings (SSSR count). The molecule has 2 nitrogen and oxygen atoms in total. The first-order valence-electron chi connectivity index (χ1n) is 7.35. The summed E-state index contributed by atoms with van der Waals surface area (Å²) in [4.78, 5) is 12.2. The van der Waals surface area contributed by atoms with Gasteiger partial charge < -0.3 is 5.32 Å². The molecule has 0 radical (unpaired) electrons. The molecule has 0 unspecified atom stereocenters. The van der Waals surface area contributed by atoms with Crippen molar-refractivity contribution in [2.24, 2.45) is 5.92 Å². The minimum absolute atomic E-state index is 0.0212. The first-order chi connectivity index (χ1) is 9.58. The minimum atomic E-state index is -0.0212. The van der Waals surface area contributed by atoms with Crippen molar-refractivity contribution in [2.45, 2.75) is 51.5 Å². The van der Waals surface area contributed by atoms with Crippen LogP contribution >= 0.6 is 27.5 Å². The fourth-order valence-corrected chi connectivity index (χ4v) is 3.82. The Morgan fingerprint density at radius 2 is 2.00 bits per heavy atom. The molecule has 1 amide bonds. The fraction of sp³-hybridized carbons (Fsp3) is 0.562. The lowest BCUT2D eigenvalue weighted by Crippen LogP contribution is -2.37. The van der Waals surface area contributed by atoms with Crippen LogP contribution in [0.3, 0.4) is 0 Å². The van der Waals surface area contributed by atoms with E-state index in [1.54, 1.807) is 12.1 Å². The van der Waals surface area contributed by atoms with E-state index in [4.69, 9.17) is 11.6 Å². The molecule has 110 valence electrons. The standard InChI is InChI=1S/C16H21BrClNO/c1-2-3-11-4-6-15(7-5-11)19-16(20)12-8-13(17)10-14(18)9-12/h8-11,15H,2-7H2,1H3,(H,19,20). The SMILES string of the molecule is CCCC1CCC(NC(=O)c2cc(Cl)cc(Br)c2)CC1. The Morgan fingerprint density at radius 1 is 1.30 bits per heavy atom. The highest BCUT2D eigenvalue weighted by atomic mass is 79.9. The predicted molar refractivity (Wildman–Crippen MR) is 87.3 cm³/mol. The zero-order valence-electron chi connectivity index (χ0n) is 11.8. The summed E-state index contributed by atoms with van der Waals surface area (Å²) in [5.41, 5.74) is 0.625. The van der Waals surface area contributed by atoms with Crippen molar-refractivity contribution < 1.29 is 4.79 Å². The van der Waals surface area contributed by atoms with Crippen molar-refractivity contribution in [1.82, 2.24) is 5.32 Å². The topological polar surface area (TPSA) is 29.1 Å². The van der Waals surface area contributed by atoms with E-state index in [0.717, 1.165) is 23.2 Å². The second-order valence-electron chi connectivity index (χ2n) is 5.64. The summed E-state index contributed by atoms with van der Waals surface area (Å²) < 4.78 is 0.835. The van der Waals surface area contributed by atoms with Crippen molar-refractivity contribution in [3.8, 4) is 0 Å². The third-order valence-corrected chi connectivity index (χ3v) is 4.68. The molecule has 0 bridgehead atoms. The summed E-state index contributed by atoms with van der Waals surface area (Å²) in [7, 11) is 0. The maximum atomic E-state index is 12.2. The lowest BCUT2D eigenvalue weighted by Gasteiger charge is -2.29. The zero-order chi connectivity index (χ0) is 14.5. The number of hydrogen-bond acceptors (Lipinski definition) is 1. The molecule has 1 aliphatic rings. The van der Waals surface area contributed by atoms with E-state index < -0.39 is 0 Å². The summed E-state index contributed by atoms with van der Waals surface area (Å²) in [6, 6.07) is 5.62. The third kappa shape index (κ3) is 4.49. The number of hydrogen-bond donors (Lipinski definition) is 1. The van der Waals surface area contributed by atoms with Crippen LogP contribution in [0.2, 0.25) is 5.02 Å². The van der Waals surface area contributed by atoms with Crippen molar-refractivity contribution in [1.29, 1.82) is 0 Å². The summed E-state index contributed by atoms with van der Waals surface area (Å²) >= 11 is 9.35. The molecule has 1 aliphatic carbocycles. The predicted octanol–water partition coefficient (Wildman–Crippen LogP) is 5.19. The van der Waals surface area contributed by atoms with Crippen LogP contribution in [-0.2, 0) is 0 Å². The molecule has 0 aromatic heterocycles. The number of rotatable bonds is 4. The molecule has 0 atom stereocenters. The fourth-order valence-electron chi connectivity index (χ4n) is 2.96. The molecule has 1 aromatic carbocycles. The van der Waals surface area contributed by atoms with Gasteiger partial charge in [-0.15, -0.1) is 0 Å². The number of halogens is 2. The van der Waals surface area contributed by atoms with Gasteiger partial charge in [0.25, 0.3) is 5.91 Å². The third-order valence-electron chi connectivity index (χ3n) is 4.00. The molecule has 0 aliphatic heterocycles. The Kier molecular flexibility index (Phi) is 5.91. The van der Waals surface area contributed by atoms with Gasteiger partial charge in [0.1, 0.15) is 0 Å². The first kappa shape index (κ1) is 15.8. The summed E-state index contributed by atoms with van der Waals surface area (Å²) in [6.45, 7) is 2.24. The minimum Gasteiger partial charge on any atom is -0.349 e. The van der Waals surface area contributed by atoms with Crippen LogP contribution in [0.15, 0.2) is 22.7 Å². The lowest BCUT2D eigenvalue weighted by molar-refractivity contribution is 0.0921. The molecular weight excluding hydrogens is 338 g/mol. The number of carbonyl (C=O) groups excluding carboxylic acids is 1. The number of benzene rings is 1. The second-order valence-corrected chi connectivity index (χ2v) is 6.99. The number of nitrogens with one attached hydrogen (secondary N) is 1. The second kappa shape index (κ2) is 7.46. The van der Waals surface area contributed by atoms with Gasteiger partial charge in [-0.1, -0.05) is 47.3 Å². The highest BCUT2D eigenvalue weighted by Gasteiger charge is 2.22. The Bertz CT molecular complexity index is 449. The van der Waals surface area contributed by atoms with Gasteiger partial charge >= 0.3 is 0 Å². The van der Waals surface area contributed by atoms with Crippen LogP contribution in [0.25, 0.3) is 0 Å². The average molecular weight is 359 g/mol. The normalized spacial score (nSPS) is 22.6. The van der Waals surface area contributed by atoms with Gasteiger partial charge in [0.15, 0.2) is 0 Å². The summed E-state index contributed by atoms with van der Waals surface area (Å²) in [5, 5.41) is 3.71. The van der Waals surface area contributed by atoms with E-state index in [1.807, 2.05) is 6.07 Å². The molecule has 0 spiro atoms. The van der Waals surface area contributed by atoms with Gasteiger partial charge in [0, 0.05) is 21.1 Å². The van der Waals surface area contributed by atoms with E-state index in [0.29, 0.717) is 16.6 Å². The number of amides is 1. The zero-order valence-corrected chi connectivity index (χ0v) is 14.1. The summed E-state index contributed by atoms with van der Waals surface area (Å²) in [6.07, 6.45) is 7.24. The Labute approximate surface area is 134 Å². The van der Waals surface area contributed by atoms with Gasteiger partial charge in [0.2, 0.25) is 0 Å². The van der Waals surface area contributed by atoms with Crippen LogP contribution in [0.5, 0.6) is 0 Å². The highest BCUT2D eigenvalue weighted by molar-refractivity contribution is 9.10. The maximum Gasteiger partial charge on any atom is 0.251 e. The van der Waals surface area contributed by atoms with E-state index >= 15 is 0 Å². The summed E-state index contributed by atoms with van der Waals surface area (Å²) in [5.74, 6) is 0.834. The number of carbonyl (C=O) groups is 1. The lowest BCUT2D eigenvalue weighted by atomic mass is 9.83. The highest BCUT2D eigenvalue weighted by Crippen LogP contribution is 2.28. The molecule has 1 aromatic rings. The van der Waals surface area contributed by atoms with Crippen LogP contribution in [0.4, 0.5) is 0 Å². The van der Waals surface area contributed by atoms with Crippen molar-refractivity contribution in [2.75, 3.05) is 0 Å². The molecule has 4 heteroatoms. The first-order valence-corrected chi connectivity index (χ1v) is 8.52. The molecule has 1 saturated carbocycles. The van der Waals surface area contributed by atoms with Gasteiger partial charge in [-0.25, -0.2) is 0 Å². The maximum absolute atomic E-state index is 12.2. The molecule has 0 saturated heterocycles. The van der Waals surface area contributed by atoms with E-state index in [-0.39, 0.29) is 5.91 Å². The van der Waals surface area contributed by atoms with E-state index in [9.17, 15) is 4.79 Å². The molecule has 1 N–H and O–H groups in total. The molecular formula is C16H21BrClNO. The molecule has 1 fully saturated rings. The Morgan fingerprint density at radius 3 is 2.60 bits per heavy atom. The molecule has 0 heterocycles. The van der Waals surface area contributed by atoms with Crippen LogP contribution in [-0.4, -0.2) is 11.9 Å². The average Bonchev–Trinajstić information content (AvgIpc) is 2.40. The van der Waals surface area contributed by atoms with Gasteiger partial charge in [-0.2, -0.15) is 0 Å². The van der Waals surface area contributed by atoms with Crippen molar-refractivity contribution in [3.63, 3.8) is 0 Å².